The SMILES string of the molecule is CC(C)N(CCF)CC1CCCNC1. The van der Waals surface area contributed by atoms with Crippen molar-refractivity contribution in [2.24, 2.45) is 5.92 Å². The minimum absolute atomic E-state index is 0.224. The smallest absolute Gasteiger partial charge is 0.102 e. The third kappa shape index (κ3) is 3.93. The Labute approximate surface area is 86.9 Å². The molecule has 2 nitrogen and oxygen atoms in total. The van der Waals surface area contributed by atoms with Crippen molar-refractivity contribution in [3.63, 3.8) is 0 Å². The van der Waals surface area contributed by atoms with Gasteiger partial charge in [0.05, 0.1) is 0 Å². The van der Waals surface area contributed by atoms with E-state index in [0.717, 1.165) is 25.6 Å². The zero-order chi connectivity index (χ0) is 10.4. The highest BCUT2D eigenvalue weighted by Gasteiger charge is 2.18. The third-order valence-corrected chi connectivity index (χ3v) is 2.99. The molecule has 1 N–H and O–H groups in total. The summed E-state index contributed by atoms with van der Waals surface area (Å²) in [5.41, 5.74) is 0. The lowest BCUT2D eigenvalue weighted by molar-refractivity contribution is 0.160. The summed E-state index contributed by atoms with van der Waals surface area (Å²) in [6.45, 7) is 7.97. The molecule has 0 radical (unpaired) electrons. The zero-order valence-electron chi connectivity index (χ0n) is 9.43. The molecule has 1 aliphatic heterocycles. The Hall–Kier alpha value is -0.150. The van der Waals surface area contributed by atoms with E-state index in [9.17, 15) is 4.39 Å². The number of hydrogen-bond donors (Lipinski definition) is 1. The highest BCUT2D eigenvalue weighted by Crippen LogP contribution is 2.13. The first-order chi connectivity index (χ1) is 6.74. The lowest BCUT2D eigenvalue weighted by Crippen LogP contribution is -2.42. The molecule has 3 heteroatoms. The Morgan fingerprint density at radius 2 is 2.29 bits per heavy atom. The van der Waals surface area contributed by atoms with Crippen molar-refractivity contribution in [3.8, 4) is 0 Å². The topological polar surface area (TPSA) is 15.3 Å². The average molecular weight is 202 g/mol. The molecule has 0 aliphatic carbocycles. The van der Waals surface area contributed by atoms with Crippen molar-refractivity contribution in [1.29, 1.82) is 0 Å². The van der Waals surface area contributed by atoms with Crippen molar-refractivity contribution in [2.75, 3.05) is 32.9 Å². The molecule has 0 amide bonds. The Morgan fingerprint density at radius 3 is 2.79 bits per heavy atom. The average Bonchev–Trinajstić information content (AvgIpc) is 2.18. The second kappa shape index (κ2) is 6.36. The first-order valence-electron chi connectivity index (χ1n) is 5.74. The van der Waals surface area contributed by atoms with Crippen LogP contribution in [0.5, 0.6) is 0 Å². The number of alkyl halides is 1. The van der Waals surface area contributed by atoms with Gasteiger partial charge in [0.1, 0.15) is 6.67 Å². The molecular weight excluding hydrogens is 179 g/mol. The lowest BCUT2D eigenvalue weighted by Gasteiger charge is -2.32. The van der Waals surface area contributed by atoms with Crippen LogP contribution in [0, 0.1) is 5.92 Å². The van der Waals surface area contributed by atoms with Crippen molar-refractivity contribution in [1.82, 2.24) is 10.2 Å². The van der Waals surface area contributed by atoms with Gasteiger partial charge in [0.25, 0.3) is 0 Å². The zero-order valence-corrected chi connectivity index (χ0v) is 9.43. The normalized spacial score (nSPS) is 23.4. The highest BCUT2D eigenvalue weighted by atomic mass is 19.1. The van der Waals surface area contributed by atoms with Crippen molar-refractivity contribution >= 4 is 0 Å². The predicted molar refractivity (Wildman–Crippen MR) is 58.3 cm³/mol. The van der Waals surface area contributed by atoms with E-state index < -0.39 is 0 Å². The molecule has 14 heavy (non-hydrogen) atoms. The summed E-state index contributed by atoms with van der Waals surface area (Å²) >= 11 is 0. The monoisotopic (exact) mass is 202 g/mol. The first-order valence-corrected chi connectivity index (χ1v) is 5.74. The van der Waals surface area contributed by atoms with Gasteiger partial charge < -0.3 is 5.32 Å². The molecule has 0 aromatic carbocycles. The molecule has 84 valence electrons. The third-order valence-electron chi connectivity index (χ3n) is 2.99. The summed E-state index contributed by atoms with van der Waals surface area (Å²) in [7, 11) is 0. The largest absolute Gasteiger partial charge is 0.316 e. The summed E-state index contributed by atoms with van der Waals surface area (Å²) in [5, 5.41) is 3.40. The van der Waals surface area contributed by atoms with E-state index in [4.69, 9.17) is 0 Å². The molecular formula is C11H23FN2. The number of halogens is 1. The van der Waals surface area contributed by atoms with Crippen LogP contribution >= 0.6 is 0 Å². The van der Waals surface area contributed by atoms with Crippen LogP contribution in [-0.4, -0.2) is 43.8 Å². The Balaban J connectivity index is 2.29. The first kappa shape index (κ1) is 11.9. The Morgan fingerprint density at radius 1 is 1.50 bits per heavy atom. The molecule has 1 aliphatic rings. The van der Waals surface area contributed by atoms with E-state index in [-0.39, 0.29) is 6.67 Å². The van der Waals surface area contributed by atoms with Gasteiger partial charge in [-0.05, 0) is 45.7 Å². The van der Waals surface area contributed by atoms with Crippen LogP contribution in [0.3, 0.4) is 0 Å². The quantitative estimate of drug-likeness (QED) is 0.729. The van der Waals surface area contributed by atoms with Gasteiger partial charge in [-0.15, -0.1) is 0 Å². The van der Waals surface area contributed by atoms with Crippen molar-refractivity contribution in [3.05, 3.63) is 0 Å². The van der Waals surface area contributed by atoms with Gasteiger partial charge in [0.2, 0.25) is 0 Å². The summed E-state index contributed by atoms with van der Waals surface area (Å²) in [5.74, 6) is 0.720. The minimum atomic E-state index is -0.224. The Kier molecular flexibility index (Phi) is 5.41. The molecule has 0 bridgehead atoms. The fraction of sp³-hybridized carbons (Fsp3) is 1.00. The molecule has 1 saturated heterocycles. The molecule has 0 aromatic rings. The summed E-state index contributed by atoms with van der Waals surface area (Å²) in [4.78, 5) is 2.25. The molecule has 0 aromatic heterocycles. The van der Waals surface area contributed by atoms with Gasteiger partial charge in [0.15, 0.2) is 0 Å². The standard InChI is InChI=1S/C11H23FN2/c1-10(2)14(7-5-12)9-11-4-3-6-13-8-11/h10-11,13H,3-9H2,1-2H3. The second-order valence-corrected chi connectivity index (χ2v) is 4.49. The molecule has 1 heterocycles. The van der Waals surface area contributed by atoms with Gasteiger partial charge in [-0.1, -0.05) is 0 Å². The predicted octanol–water partition coefficient (Wildman–Crippen LogP) is 1.67. The lowest BCUT2D eigenvalue weighted by atomic mass is 9.98. The van der Waals surface area contributed by atoms with Gasteiger partial charge >= 0.3 is 0 Å². The van der Waals surface area contributed by atoms with E-state index in [1.54, 1.807) is 0 Å². The second-order valence-electron chi connectivity index (χ2n) is 4.49. The number of piperidine rings is 1. The fourth-order valence-electron chi connectivity index (χ4n) is 2.08. The number of hydrogen-bond acceptors (Lipinski definition) is 2. The van der Waals surface area contributed by atoms with Crippen LogP contribution in [0.2, 0.25) is 0 Å². The van der Waals surface area contributed by atoms with E-state index in [2.05, 4.69) is 24.1 Å². The number of rotatable bonds is 5. The van der Waals surface area contributed by atoms with Crippen LogP contribution in [0.1, 0.15) is 26.7 Å². The van der Waals surface area contributed by atoms with Crippen molar-refractivity contribution in [2.45, 2.75) is 32.7 Å². The van der Waals surface area contributed by atoms with E-state index in [1.165, 1.54) is 12.8 Å². The van der Waals surface area contributed by atoms with Crippen molar-refractivity contribution < 1.29 is 4.39 Å². The van der Waals surface area contributed by atoms with Crippen LogP contribution in [-0.2, 0) is 0 Å². The molecule has 0 spiro atoms. The molecule has 0 saturated carbocycles. The highest BCUT2D eigenvalue weighted by molar-refractivity contribution is 4.74. The fourth-order valence-corrected chi connectivity index (χ4v) is 2.08. The van der Waals surface area contributed by atoms with Gasteiger partial charge in [-0.25, -0.2) is 4.39 Å². The summed E-state index contributed by atoms with van der Waals surface area (Å²) in [6.07, 6.45) is 2.56. The Bertz CT molecular complexity index is 144. The van der Waals surface area contributed by atoms with Gasteiger partial charge in [-0.2, -0.15) is 0 Å². The van der Waals surface area contributed by atoms with Crippen LogP contribution < -0.4 is 5.32 Å². The van der Waals surface area contributed by atoms with E-state index in [0.29, 0.717) is 12.6 Å². The number of nitrogens with zero attached hydrogens (tertiary/aromatic N) is 1. The molecule has 1 unspecified atom stereocenters. The summed E-state index contributed by atoms with van der Waals surface area (Å²) in [6, 6.07) is 0.465. The maximum Gasteiger partial charge on any atom is 0.102 e. The van der Waals surface area contributed by atoms with Crippen LogP contribution in [0.4, 0.5) is 4.39 Å². The van der Waals surface area contributed by atoms with Crippen LogP contribution in [0.15, 0.2) is 0 Å². The molecule has 1 rings (SSSR count). The maximum absolute atomic E-state index is 12.3. The molecule has 1 fully saturated rings. The van der Waals surface area contributed by atoms with Gasteiger partial charge in [-0.3, -0.25) is 4.90 Å². The minimum Gasteiger partial charge on any atom is -0.316 e. The van der Waals surface area contributed by atoms with E-state index in [1.807, 2.05) is 0 Å². The number of nitrogens with one attached hydrogen (secondary N) is 1. The summed E-state index contributed by atoms with van der Waals surface area (Å²) < 4.78 is 12.3. The van der Waals surface area contributed by atoms with Gasteiger partial charge in [0, 0.05) is 19.1 Å². The molecule has 1 atom stereocenters. The van der Waals surface area contributed by atoms with Crippen LogP contribution in [0.25, 0.3) is 0 Å². The van der Waals surface area contributed by atoms with E-state index >= 15 is 0 Å². The maximum atomic E-state index is 12.3.